The molecule has 0 radical (unpaired) electrons. The molecule has 0 spiro atoms. The highest BCUT2D eigenvalue weighted by molar-refractivity contribution is 5.82. The zero-order valence-corrected chi connectivity index (χ0v) is 14.0. The minimum Gasteiger partial charge on any atom is -0.381 e. The van der Waals surface area contributed by atoms with E-state index in [-0.39, 0.29) is 6.04 Å². The Morgan fingerprint density at radius 3 is 2.59 bits per heavy atom. The molecule has 3 fully saturated rings. The number of rotatable bonds is 4. The first-order valence-corrected chi connectivity index (χ1v) is 9.11. The van der Waals surface area contributed by atoms with Gasteiger partial charge in [0.05, 0.1) is 12.6 Å². The third kappa shape index (κ3) is 3.81. The molecule has 126 valence electrons. The van der Waals surface area contributed by atoms with Crippen LogP contribution in [0.25, 0.3) is 0 Å². The number of piperazine rings is 1. The van der Waals surface area contributed by atoms with Crippen molar-refractivity contribution >= 4 is 5.91 Å². The van der Waals surface area contributed by atoms with Crippen LogP contribution in [0.1, 0.15) is 32.6 Å². The van der Waals surface area contributed by atoms with Crippen molar-refractivity contribution in [1.82, 2.24) is 14.7 Å². The van der Waals surface area contributed by atoms with Gasteiger partial charge in [0.2, 0.25) is 5.91 Å². The fourth-order valence-electron chi connectivity index (χ4n) is 4.10. The second kappa shape index (κ2) is 7.75. The van der Waals surface area contributed by atoms with Crippen molar-refractivity contribution in [2.45, 2.75) is 38.6 Å². The highest BCUT2D eigenvalue weighted by Crippen LogP contribution is 2.20. The molecule has 1 amide bonds. The average molecular weight is 309 g/mol. The van der Waals surface area contributed by atoms with Crippen LogP contribution < -0.4 is 0 Å². The highest BCUT2D eigenvalue weighted by atomic mass is 16.5. The number of nitrogens with zero attached hydrogens (tertiary/aromatic N) is 3. The fourth-order valence-corrected chi connectivity index (χ4v) is 4.10. The van der Waals surface area contributed by atoms with Gasteiger partial charge < -0.3 is 9.64 Å². The zero-order valence-electron chi connectivity index (χ0n) is 14.0. The van der Waals surface area contributed by atoms with Gasteiger partial charge in [-0.05, 0) is 38.3 Å². The van der Waals surface area contributed by atoms with E-state index < -0.39 is 0 Å². The molecular weight excluding hydrogens is 278 g/mol. The van der Waals surface area contributed by atoms with Gasteiger partial charge in [-0.2, -0.15) is 0 Å². The second-order valence-corrected chi connectivity index (χ2v) is 7.00. The predicted molar refractivity (Wildman–Crippen MR) is 86.8 cm³/mol. The number of ether oxygens (including phenoxy) is 1. The lowest BCUT2D eigenvalue weighted by Crippen LogP contribution is -2.56. The van der Waals surface area contributed by atoms with Gasteiger partial charge in [-0.3, -0.25) is 14.6 Å². The number of carbonyl (C=O) groups excluding carboxylic acids is 1. The Bertz CT molecular complexity index is 363. The molecule has 0 aliphatic carbocycles. The van der Waals surface area contributed by atoms with Crippen LogP contribution in [0.15, 0.2) is 0 Å². The van der Waals surface area contributed by atoms with E-state index in [1.165, 1.54) is 19.3 Å². The van der Waals surface area contributed by atoms with Gasteiger partial charge in [0.25, 0.3) is 0 Å². The minimum atomic E-state index is 0.147. The molecule has 22 heavy (non-hydrogen) atoms. The van der Waals surface area contributed by atoms with E-state index in [2.05, 4.69) is 21.6 Å². The van der Waals surface area contributed by atoms with Gasteiger partial charge >= 0.3 is 0 Å². The van der Waals surface area contributed by atoms with Crippen LogP contribution in [-0.4, -0.2) is 85.7 Å². The molecule has 3 rings (SSSR count). The summed E-state index contributed by atoms with van der Waals surface area (Å²) in [6, 6.07) is 0.147. The average Bonchev–Trinajstić information content (AvgIpc) is 3.08. The monoisotopic (exact) mass is 309 g/mol. The van der Waals surface area contributed by atoms with E-state index >= 15 is 0 Å². The van der Waals surface area contributed by atoms with Crippen molar-refractivity contribution < 1.29 is 9.53 Å². The van der Waals surface area contributed by atoms with Crippen molar-refractivity contribution in [3.8, 4) is 0 Å². The maximum Gasteiger partial charge on any atom is 0.240 e. The number of piperidine rings is 1. The van der Waals surface area contributed by atoms with E-state index in [9.17, 15) is 4.79 Å². The quantitative estimate of drug-likeness (QED) is 0.777. The van der Waals surface area contributed by atoms with Gasteiger partial charge in [0, 0.05) is 39.3 Å². The maximum atomic E-state index is 12.8. The van der Waals surface area contributed by atoms with Crippen molar-refractivity contribution in [2.24, 2.45) is 5.92 Å². The molecule has 0 N–H and O–H groups in total. The van der Waals surface area contributed by atoms with E-state index in [0.29, 0.717) is 11.8 Å². The molecular formula is C17H31N3O2. The van der Waals surface area contributed by atoms with Crippen LogP contribution in [0.4, 0.5) is 0 Å². The van der Waals surface area contributed by atoms with Crippen LogP contribution in [-0.2, 0) is 9.53 Å². The van der Waals surface area contributed by atoms with Gasteiger partial charge in [0.1, 0.15) is 0 Å². The molecule has 0 aromatic rings. The minimum absolute atomic E-state index is 0.147. The summed E-state index contributed by atoms with van der Waals surface area (Å²) < 4.78 is 5.46. The molecule has 2 atom stereocenters. The molecule has 0 aromatic heterocycles. The zero-order chi connectivity index (χ0) is 15.4. The number of carbonyl (C=O) groups is 1. The number of amides is 1. The van der Waals surface area contributed by atoms with E-state index in [1.54, 1.807) is 0 Å². The Morgan fingerprint density at radius 2 is 1.91 bits per heavy atom. The van der Waals surface area contributed by atoms with Gasteiger partial charge in [-0.1, -0.05) is 13.3 Å². The SMILES string of the molecule is CCN1CCCC[C@@H]1C(=O)N1CCN(C[C@@H]2CCOC2)CC1. The number of likely N-dealkylation sites (tertiary alicyclic amines) is 1. The summed E-state index contributed by atoms with van der Waals surface area (Å²) in [5, 5.41) is 0. The van der Waals surface area contributed by atoms with E-state index in [1.807, 2.05) is 0 Å². The smallest absolute Gasteiger partial charge is 0.240 e. The maximum absolute atomic E-state index is 12.8. The van der Waals surface area contributed by atoms with Crippen LogP contribution in [0.3, 0.4) is 0 Å². The normalized spacial score (nSPS) is 31.6. The van der Waals surface area contributed by atoms with Crippen molar-refractivity contribution in [3.63, 3.8) is 0 Å². The van der Waals surface area contributed by atoms with E-state index in [4.69, 9.17) is 4.74 Å². The summed E-state index contributed by atoms with van der Waals surface area (Å²) in [6.07, 6.45) is 4.70. The lowest BCUT2D eigenvalue weighted by atomic mass is 10.0. The fraction of sp³-hybridized carbons (Fsp3) is 0.941. The van der Waals surface area contributed by atoms with Crippen LogP contribution in [0.5, 0.6) is 0 Å². The Kier molecular flexibility index (Phi) is 5.71. The number of hydrogen-bond donors (Lipinski definition) is 0. The van der Waals surface area contributed by atoms with Gasteiger partial charge in [-0.15, -0.1) is 0 Å². The lowest BCUT2D eigenvalue weighted by Gasteiger charge is -2.41. The molecule has 5 nitrogen and oxygen atoms in total. The first-order valence-electron chi connectivity index (χ1n) is 9.11. The Morgan fingerprint density at radius 1 is 1.09 bits per heavy atom. The molecule has 0 unspecified atom stereocenters. The molecule has 0 aromatic carbocycles. The summed E-state index contributed by atoms with van der Waals surface area (Å²) in [5.74, 6) is 1.08. The van der Waals surface area contributed by atoms with Gasteiger partial charge in [-0.25, -0.2) is 0 Å². The first kappa shape index (κ1) is 16.2. The molecule has 3 saturated heterocycles. The Balaban J connectivity index is 1.46. The highest BCUT2D eigenvalue weighted by Gasteiger charge is 2.32. The van der Waals surface area contributed by atoms with Crippen molar-refractivity contribution in [3.05, 3.63) is 0 Å². The first-order chi connectivity index (χ1) is 10.8. The second-order valence-electron chi connectivity index (χ2n) is 7.00. The topological polar surface area (TPSA) is 36.0 Å². The summed E-state index contributed by atoms with van der Waals surface area (Å²) in [5.41, 5.74) is 0. The molecule has 3 aliphatic rings. The summed E-state index contributed by atoms with van der Waals surface area (Å²) >= 11 is 0. The third-order valence-electron chi connectivity index (χ3n) is 5.53. The summed E-state index contributed by atoms with van der Waals surface area (Å²) in [6.45, 7) is 11.1. The summed E-state index contributed by atoms with van der Waals surface area (Å²) in [4.78, 5) is 19.8. The van der Waals surface area contributed by atoms with Crippen LogP contribution in [0, 0.1) is 5.92 Å². The molecule has 3 heterocycles. The number of hydrogen-bond acceptors (Lipinski definition) is 4. The Hall–Kier alpha value is -0.650. The van der Waals surface area contributed by atoms with Crippen LogP contribution in [0.2, 0.25) is 0 Å². The molecule has 0 bridgehead atoms. The number of likely N-dealkylation sites (N-methyl/N-ethyl adjacent to an activating group) is 1. The van der Waals surface area contributed by atoms with Crippen molar-refractivity contribution in [2.75, 3.05) is 59.0 Å². The summed E-state index contributed by atoms with van der Waals surface area (Å²) in [7, 11) is 0. The van der Waals surface area contributed by atoms with Crippen molar-refractivity contribution in [1.29, 1.82) is 0 Å². The largest absolute Gasteiger partial charge is 0.381 e. The van der Waals surface area contributed by atoms with E-state index in [0.717, 1.165) is 65.4 Å². The standard InChI is InChI=1S/C17H31N3O2/c1-2-19-7-4-3-5-16(19)17(21)20-10-8-18(9-11-20)13-15-6-12-22-14-15/h15-16H,2-14H2,1H3/t15-,16+/m0/s1. The van der Waals surface area contributed by atoms with Crippen LogP contribution >= 0.6 is 0 Å². The Labute approximate surface area is 134 Å². The molecule has 5 heteroatoms. The third-order valence-corrected chi connectivity index (χ3v) is 5.53. The predicted octanol–water partition coefficient (Wildman–Crippen LogP) is 1.04. The molecule has 0 saturated carbocycles. The molecule has 3 aliphatic heterocycles. The lowest BCUT2D eigenvalue weighted by molar-refractivity contribution is -0.140. The van der Waals surface area contributed by atoms with Gasteiger partial charge in [0.15, 0.2) is 0 Å².